The van der Waals surface area contributed by atoms with E-state index in [0.717, 1.165) is 43.6 Å². The number of carboxylic acid groups (broad SMARTS) is 1. The molecule has 1 aliphatic rings. The number of allylic oxidation sites excluding steroid dienone is 5. The summed E-state index contributed by atoms with van der Waals surface area (Å²) >= 11 is 0. The molecule has 0 radical (unpaired) electrons. The van der Waals surface area contributed by atoms with E-state index in [0.29, 0.717) is 11.3 Å². The Labute approximate surface area is 135 Å². The molecule has 1 aromatic rings. The van der Waals surface area contributed by atoms with Gasteiger partial charge in [0.2, 0.25) is 0 Å². The van der Waals surface area contributed by atoms with Crippen molar-refractivity contribution in [3.63, 3.8) is 0 Å². The molecule has 2 N–H and O–H groups in total. The maximum Gasteiger partial charge on any atom is 0.328 e. The van der Waals surface area contributed by atoms with E-state index in [9.17, 15) is 4.79 Å². The van der Waals surface area contributed by atoms with Gasteiger partial charge < -0.3 is 15.3 Å². The SMILES string of the molecule is C=C/C(=C\C(=C)/C=C/C(=O)O)c1cncc(N2CCNCC2)n1. The van der Waals surface area contributed by atoms with Crippen molar-refractivity contribution in [3.8, 4) is 0 Å². The molecule has 0 amide bonds. The van der Waals surface area contributed by atoms with E-state index in [4.69, 9.17) is 5.11 Å². The molecule has 0 aromatic carbocycles. The second kappa shape index (κ2) is 8.05. The summed E-state index contributed by atoms with van der Waals surface area (Å²) in [5, 5.41) is 11.9. The van der Waals surface area contributed by atoms with Crippen LogP contribution in [-0.2, 0) is 4.79 Å². The van der Waals surface area contributed by atoms with Crippen LogP contribution in [0.5, 0.6) is 0 Å². The largest absolute Gasteiger partial charge is 0.478 e. The minimum Gasteiger partial charge on any atom is -0.478 e. The molecule has 1 fully saturated rings. The quantitative estimate of drug-likeness (QED) is 0.614. The van der Waals surface area contributed by atoms with Crippen molar-refractivity contribution in [2.45, 2.75) is 0 Å². The first-order valence-electron chi connectivity index (χ1n) is 7.32. The van der Waals surface area contributed by atoms with E-state index in [2.05, 4.69) is 33.3 Å². The second-order valence-corrected chi connectivity index (χ2v) is 5.05. The first-order chi connectivity index (χ1) is 11.1. The number of hydrogen-bond acceptors (Lipinski definition) is 5. The maximum absolute atomic E-state index is 10.5. The third kappa shape index (κ3) is 4.89. The summed E-state index contributed by atoms with van der Waals surface area (Å²) in [6, 6.07) is 0. The van der Waals surface area contributed by atoms with Gasteiger partial charge in [0.25, 0.3) is 0 Å². The van der Waals surface area contributed by atoms with Crippen LogP contribution in [-0.4, -0.2) is 47.2 Å². The maximum atomic E-state index is 10.5. The summed E-state index contributed by atoms with van der Waals surface area (Å²) in [6.45, 7) is 11.2. The summed E-state index contributed by atoms with van der Waals surface area (Å²) in [6.07, 6.45) is 9.27. The lowest BCUT2D eigenvalue weighted by Gasteiger charge is -2.28. The van der Waals surface area contributed by atoms with Gasteiger partial charge in [0.15, 0.2) is 0 Å². The van der Waals surface area contributed by atoms with Gasteiger partial charge in [-0.3, -0.25) is 4.98 Å². The van der Waals surface area contributed by atoms with E-state index >= 15 is 0 Å². The van der Waals surface area contributed by atoms with E-state index in [1.54, 1.807) is 24.5 Å². The van der Waals surface area contributed by atoms with Gasteiger partial charge in [0.05, 0.1) is 18.1 Å². The molecule has 0 bridgehead atoms. The van der Waals surface area contributed by atoms with Crippen molar-refractivity contribution in [3.05, 3.63) is 61.1 Å². The van der Waals surface area contributed by atoms with Crippen molar-refractivity contribution in [2.24, 2.45) is 0 Å². The lowest BCUT2D eigenvalue weighted by Crippen LogP contribution is -2.44. The molecule has 0 atom stereocenters. The number of carboxylic acids is 1. The van der Waals surface area contributed by atoms with Crippen molar-refractivity contribution >= 4 is 17.4 Å². The Kier molecular flexibility index (Phi) is 5.82. The Morgan fingerprint density at radius 2 is 2.04 bits per heavy atom. The number of carbonyl (C=O) groups is 1. The fourth-order valence-electron chi connectivity index (χ4n) is 2.20. The molecule has 6 heteroatoms. The van der Waals surface area contributed by atoms with Crippen molar-refractivity contribution in [2.75, 3.05) is 31.1 Å². The van der Waals surface area contributed by atoms with Crippen LogP contribution < -0.4 is 10.2 Å². The molecule has 120 valence electrons. The average molecular weight is 312 g/mol. The summed E-state index contributed by atoms with van der Waals surface area (Å²) in [4.78, 5) is 21.6. The Hall–Kier alpha value is -2.73. The van der Waals surface area contributed by atoms with Crippen LogP contribution in [0.2, 0.25) is 0 Å². The zero-order chi connectivity index (χ0) is 16.7. The zero-order valence-corrected chi connectivity index (χ0v) is 12.9. The predicted molar refractivity (Wildman–Crippen MR) is 91.2 cm³/mol. The molecule has 0 spiro atoms. The highest BCUT2D eigenvalue weighted by atomic mass is 16.4. The number of aromatic nitrogens is 2. The summed E-state index contributed by atoms with van der Waals surface area (Å²) < 4.78 is 0. The van der Waals surface area contributed by atoms with Crippen LogP contribution in [0.3, 0.4) is 0 Å². The second-order valence-electron chi connectivity index (χ2n) is 5.05. The van der Waals surface area contributed by atoms with Crippen molar-refractivity contribution < 1.29 is 9.90 Å². The van der Waals surface area contributed by atoms with Crippen LogP contribution >= 0.6 is 0 Å². The highest BCUT2D eigenvalue weighted by Crippen LogP contribution is 2.18. The Balaban J connectivity index is 2.22. The van der Waals surface area contributed by atoms with Gasteiger partial charge in [-0.1, -0.05) is 19.2 Å². The first kappa shape index (κ1) is 16.6. The van der Waals surface area contributed by atoms with Gasteiger partial charge in [-0.15, -0.1) is 0 Å². The van der Waals surface area contributed by atoms with Crippen LogP contribution in [0.1, 0.15) is 5.69 Å². The van der Waals surface area contributed by atoms with Crippen molar-refractivity contribution in [1.82, 2.24) is 15.3 Å². The molecule has 0 saturated carbocycles. The van der Waals surface area contributed by atoms with Crippen LogP contribution in [0.25, 0.3) is 5.57 Å². The van der Waals surface area contributed by atoms with Gasteiger partial charge in [-0.05, 0) is 17.7 Å². The van der Waals surface area contributed by atoms with Crippen molar-refractivity contribution in [1.29, 1.82) is 0 Å². The molecule has 0 unspecified atom stereocenters. The van der Waals surface area contributed by atoms with Crippen LogP contribution in [0.4, 0.5) is 5.82 Å². The molecule has 1 saturated heterocycles. The topological polar surface area (TPSA) is 78.3 Å². The average Bonchev–Trinajstić information content (AvgIpc) is 2.58. The van der Waals surface area contributed by atoms with E-state index in [-0.39, 0.29) is 0 Å². The highest BCUT2D eigenvalue weighted by Gasteiger charge is 2.13. The molecule has 1 aliphatic heterocycles. The van der Waals surface area contributed by atoms with Gasteiger partial charge in [-0.2, -0.15) is 0 Å². The van der Waals surface area contributed by atoms with E-state index in [1.165, 1.54) is 6.08 Å². The van der Waals surface area contributed by atoms with E-state index in [1.807, 2.05) is 0 Å². The lowest BCUT2D eigenvalue weighted by molar-refractivity contribution is -0.131. The predicted octanol–water partition coefficient (Wildman–Crippen LogP) is 1.65. The molecular formula is C17H20N4O2. The molecule has 23 heavy (non-hydrogen) atoms. The fraction of sp³-hybridized carbons (Fsp3) is 0.235. The lowest BCUT2D eigenvalue weighted by atomic mass is 10.1. The molecule has 2 rings (SSSR count). The Morgan fingerprint density at radius 1 is 1.30 bits per heavy atom. The van der Waals surface area contributed by atoms with Crippen LogP contribution in [0.15, 0.2) is 55.4 Å². The normalized spacial score (nSPS) is 15.7. The monoisotopic (exact) mass is 312 g/mol. The number of nitrogens with one attached hydrogen (secondary N) is 1. The standard InChI is InChI=1S/C17H20N4O2/c1-3-14(10-13(2)4-5-17(22)23)15-11-19-12-16(20-15)21-8-6-18-7-9-21/h3-5,10-12,18H,1-2,6-9H2,(H,22,23)/b5-4+,14-10+. The van der Waals surface area contributed by atoms with Gasteiger partial charge in [-0.25, -0.2) is 9.78 Å². The van der Waals surface area contributed by atoms with Gasteiger partial charge in [0, 0.05) is 37.8 Å². The molecular weight excluding hydrogens is 292 g/mol. The summed E-state index contributed by atoms with van der Waals surface area (Å²) in [5.74, 6) is -0.191. The molecule has 1 aromatic heterocycles. The zero-order valence-electron chi connectivity index (χ0n) is 12.9. The number of nitrogens with zero attached hydrogens (tertiary/aromatic N) is 3. The molecule has 0 aliphatic carbocycles. The Morgan fingerprint density at radius 3 is 2.70 bits per heavy atom. The highest BCUT2D eigenvalue weighted by molar-refractivity contribution is 5.81. The minimum atomic E-state index is -1.01. The number of anilines is 1. The Bertz CT molecular complexity index is 658. The minimum absolute atomic E-state index is 0.552. The number of piperazine rings is 1. The first-order valence-corrected chi connectivity index (χ1v) is 7.32. The smallest absolute Gasteiger partial charge is 0.328 e. The van der Waals surface area contributed by atoms with Crippen LogP contribution in [0, 0.1) is 0 Å². The van der Waals surface area contributed by atoms with Gasteiger partial charge >= 0.3 is 5.97 Å². The molecule has 6 nitrogen and oxygen atoms in total. The number of rotatable bonds is 6. The number of hydrogen-bond donors (Lipinski definition) is 2. The molecule has 2 heterocycles. The number of aliphatic carboxylic acids is 1. The van der Waals surface area contributed by atoms with E-state index < -0.39 is 5.97 Å². The summed E-state index contributed by atoms with van der Waals surface area (Å²) in [7, 11) is 0. The summed E-state index contributed by atoms with van der Waals surface area (Å²) in [5.41, 5.74) is 1.98. The van der Waals surface area contributed by atoms with Gasteiger partial charge in [0.1, 0.15) is 5.82 Å². The third-order valence-corrected chi connectivity index (χ3v) is 3.36. The fourth-order valence-corrected chi connectivity index (χ4v) is 2.20. The third-order valence-electron chi connectivity index (χ3n) is 3.36.